The third-order valence-corrected chi connectivity index (χ3v) is 4.25. The number of halogens is 1. The first-order chi connectivity index (χ1) is 12.4. The highest BCUT2D eigenvalue weighted by Crippen LogP contribution is 2.32. The minimum absolute atomic E-state index is 0.0182. The Morgan fingerprint density at radius 1 is 1.35 bits per heavy atom. The summed E-state index contributed by atoms with van der Waals surface area (Å²) in [6.07, 6.45) is 1.30. The number of hydrogen-bond acceptors (Lipinski definition) is 5. The number of carbonyl (C=O) groups excluding carboxylic acids is 1. The number of nitrogens with zero attached hydrogens (tertiary/aromatic N) is 1. The number of rotatable bonds is 9. The molecule has 1 amide bonds. The van der Waals surface area contributed by atoms with Crippen LogP contribution in [-0.4, -0.2) is 23.4 Å². The molecule has 0 saturated carbocycles. The molecule has 0 spiro atoms. The molecule has 140 valence electrons. The summed E-state index contributed by atoms with van der Waals surface area (Å²) >= 11 is 6.11. The number of benzene rings is 1. The summed E-state index contributed by atoms with van der Waals surface area (Å²) in [7, 11) is 0. The van der Waals surface area contributed by atoms with E-state index in [1.807, 2.05) is 13.8 Å². The molecule has 0 aliphatic rings. The minimum atomic E-state index is -0.495. The number of amides is 1. The molecule has 0 radical (unpaired) electrons. The van der Waals surface area contributed by atoms with Crippen molar-refractivity contribution in [2.75, 3.05) is 6.54 Å². The molecule has 8 heteroatoms. The van der Waals surface area contributed by atoms with E-state index in [9.17, 15) is 14.9 Å². The van der Waals surface area contributed by atoms with Crippen LogP contribution in [0.5, 0.6) is 0 Å². The Balaban J connectivity index is 1.86. The van der Waals surface area contributed by atoms with E-state index in [-0.39, 0.29) is 22.7 Å². The van der Waals surface area contributed by atoms with Crippen molar-refractivity contribution in [1.82, 2.24) is 10.6 Å². The van der Waals surface area contributed by atoms with E-state index in [1.165, 1.54) is 12.1 Å². The first-order valence-electron chi connectivity index (χ1n) is 8.43. The van der Waals surface area contributed by atoms with Crippen LogP contribution in [0.4, 0.5) is 5.69 Å². The van der Waals surface area contributed by atoms with Crippen molar-refractivity contribution in [1.29, 1.82) is 0 Å². The SMILES string of the molecule is CCC(C)NC(=O)CCNCc1ccc(-c2ccc([N+](=O)[O-])cc2Cl)o1. The maximum atomic E-state index is 11.7. The van der Waals surface area contributed by atoms with E-state index < -0.39 is 4.92 Å². The van der Waals surface area contributed by atoms with E-state index in [2.05, 4.69) is 10.6 Å². The number of nitrogens with one attached hydrogen (secondary N) is 2. The van der Waals surface area contributed by atoms with Gasteiger partial charge in [0.05, 0.1) is 16.5 Å². The molecule has 2 aromatic rings. The van der Waals surface area contributed by atoms with Gasteiger partial charge in [0, 0.05) is 36.7 Å². The zero-order valence-electron chi connectivity index (χ0n) is 14.8. The Morgan fingerprint density at radius 3 is 2.77 bits per heavy atom. The predicted octanol–water partition coefficient (Wildman–Crippen LogP) is 3.90. The van der Waals surface area contributed by atoms with Crippen molar-refractivity contribution < 1.29 is 14.1 Å². The molecule has 1 aromatic heterocycles. The summed E-state index contributed by atoms with van der Waals surface area (Å²) in [6, 6.07) is 8.00. The molecule has 0 aliphatic heterocycles. The fourth-order valence-electron chi connectivity index (χ4n) is 2.30. The Morgan fingerprint density at radius 2 is 2.12 bits per heavy atom. The Hall–Kier alpha value is -2.38. The molecule has 0 aliphatic carbocycles. The molecular formula is C18H22ClN3O4. The van der Waals surface area contributed by atoms with Crippen LogP contribution >= 0.6 is 11.6 Å². The highest BCUT2D eigenvalue weighted by Gasteiger charge is 2.13. The van der Waals surface area contributed by atoms with Gasteiger partial charge in [-0.15, -0.1) is 0 Å². The second-order valence-electron chi connectivity index (χ2n) is 5.99. The molecule has 1 heterocycles. The van der Waals surface area contributed by atoms with E-state index in [0.717, 1.165) is 6.42 Å². The molecule has 1 unspecified atom stereocenters. The lowest BCUT2D eigenvalue weighted by Crippen LogP contribution is -2.33. The van der Waals surface area contributed by atoms with Crippen LogP contribution in [0.2, 0.25) is 5.02 Å². The van der Waals surface area contributed by atoms with Gasteiger partial charge in [-0.05, 0) is 31.5 Å². The van der Waals surface area contributed by atoms with Gasteiger partial charge in [-0.1, -0.05) is 18.5 Å². The topological polar surface area (TPSA) is 97.4 Å². The van der Waals surface area contributed by atoms with Crippen LogP contribution in [0, 0.1) is 10.1 Å². The smallest absolute Gasteiger partial charge is 0.270 e. The second-order valence-corrected chi connectivity index (χ2v) is 6.40. The van der Waals surface area contributed by atoms with Crippen LogP contribution in [0.15, 0.2) is 34.7 Å². The predicted molar refractivity (Wildman–Crippen MR) is 100 cm³/mol. The number of carbonyl (C=O) groups is 1. The summed E-state index contributed by atoms with van der Waals surface area (Å²) < 4.78 is 5.72. The molecule has 0 fully saturated rings. The molecular weight excluding hydrogens is 358 g/mol. The molecule has 1 aromatic carbocycles. The van der Waals surface area contributed by atoms with Crippen LogP contribution in [-0.2, 0) is 11.3 Å². The maximum Gasteiger partial charge on any atom is 0.270 e. The third kappa shape index (κ3) is 5.57. The molecule has 2 rings (SSSR count). The van der Waals surface area contributed by atoms with Gasteiger partial charge in [-0.25, -0.2) is 0 Å². The Bertz CT molecular complexity index is 776. The molecule has 0 saturated heterocycles. The van der Waals surface area contributed by atoms with Gasteiger partial charge >= 0.3 is 0 Å². The lowest BCUT2D eigenvalue weighted by atomic mass is 10.1. The largest absolute Gasteiger partial charge is 0.460 e. The first kappa shape index (κ1) is 19.9. The summed E-state index contributed by atoms with van der Waals surface area (Å²) in [6.45, 7) is 5.01. The second kappa shape index (κ2) is 9.35. The van der Waals surface area contributed by atoms with Gasteiger partial charge in [0.2, 0.25) is 5.91 Å². The fraction of sp³-hybridized carbons (Fsp3) is 0.389. The molecule has 2 N–H and O–H groups in total. The molecule has 26 heavy (non-hydrogen) atoms. The monoisotopic (exact) mass is 379 g/mol. The fourth-order valence-corrected chi connectivity index (χ4v) is 2.57. The highest BCUT2D eigenvalue weighted by atomic mass is 35.5. The first-order valence-corrected chi connectivity index (χ1v) is 8.81. The normalized spacial score (nSPS) is 12.0. The quantitative estimate of drug-likeness (QED) is 0.391. The zero-order valence-corrected chi connectivity index (χ0v) is 15.5. The van der Waals surface area contributed by atoms with Crippen LogP contribution in [0.3, 0.4) is 0 Å². The highest BCUT2D eigenvalue weighted by molar-refractivity contribution is 6.33. The number of furan rings is 1. The van der Waals surface area contributed by atoms with Crippen molar-refractivity contribution in [3.63, 3.8) is 0 Å². The molecule has 0 bridgehead atoms. The third-order valence-electron chi connectivity index (χ3n) is 3.94. The Labute approximate surface area is 156 Å². The van der Waals surface area contributed by atoms with Gasteiger partial charge in [0.15, 0.2) is 0 Å². The van der Waals surface area contributed by atoms with E-state index in [4.69, 9.17) is 16.0 Å². The summed E-state index contributed by atoms with van der Waals surface area (Å²) in [5.74, 6) is 1.25. The average molecular weight is 380 g/mol. The van der Waals surface area contributed by atoms with E-state index in [1.54, 1.807) is 18.2 Å². The summed E-state index contributed by atoms with van der Waals surface area (Å²) in [4.78, 5) is 22.0. The van der Waals surface area contributed by atoms with E-state index >= 15 is 0 Å². The van der Waals surface area contributed by atoms with Crippen LogP contribution in [0.1, 0.15) is 32.4 Å². The van der Waals surface area contributed by atoms with Crippen molar-refractivity contribution in [3.8, 4) is 11.3 Å². The van der Waals surface area contributed by atoms with Gasteiger partial charge in [0.1, 0.15) is 11.5 Å². The molecule has 7 nitrogen and oxygen atoms in total. The van der Waals surface area contributed by atoms with Gasteiger partial charge in [0.25, 0.3) is 5.69 Å². The number of nitro benzene ring substituents is 1. The Kier molecular flexibility index (Phi) is 7.17. The lowest BCUT2D eigenvalue weighted by molar-refractivity contribution is -0.384. The van der Waals surface area contributed by atoms with Crippen LogP contribution in [0.25, 0.3) is 11.3 Å². The standard InChI is InChI=1S/C18H22ClN3O4/c1-3-12(2)21-18(23)8-9-20-11-14-5-7-17(26-14)15-6-4-13(22(24)25)10-16(15)19/h4-7,10,12,20H,3,8-9,11H2,1-2H3,(H,21,23). The molecule has 1 atom stereocenters. The lowest BCUT2D eigenvalue weighted by Gasteiger charge is -2.11. The number of non-ortho nitro benzene ring substituents is 1. The van der Waals surface area contributed by atoms with Crippen molar-refractivity contribution in [2.24, 2.45) is 0 Å². The number of hydrogen-bond donors (Lipinski definition) is 2. The number of nitro groups is 1. The van der Waals surface area contributed by atoms with Gasteiger partial charge < -0.3 is 15.1 Å². The van der Waals surface area contributed by atoms with E-state index in [0.29, 0.717) is 36.6 Å². The summed E-state index contributed by atoms with van der Waals surface area (Å²) in [5, 5.41) is 17.1. The zero-order chi connectivity index (χ0) is 19.1. The van der Waals surface area contributed by atoms with Crippen molar-refractivity contribution in [2.45, 2.75) is 39.3 Å². The van der Waals surface area contributed by atoms with Crippen molar-refractivity contribution >= 4 is 23.2 Å². The van der Waals surface area contributed by atoms with Gasteiger partial charge in [-0.2, -0.15) is 0 Å². The van der Waals surface area contributed by atoms with Crippen molar-refractivity contribution in [3.05, 3.63) is 51.2 Å². The summed E-state index contributed by atoms with van der Waals surface area (Å²) in [5.41, 5.74) is 0.527. The average Bonchev–Trinajstić information content (AvgIpc) is 3.07. The van der Waals surface area contributed by atoms with Gasteiger partial charge in [-0.3, -0.25) is 14.9 Å². The maximum absolute atomic E-state index is 11.7. The minimum Gasteiger partial charge on any atom is -0.460 e. The van der Waals surface area contributed by atoms with Crippen LogP contribution < -0.4 is 10.6 Å².